The first kappa shape index (κ1) is 24.2. The van der Waals surface area contributed by atoms with Gasteiger partial charge in [0.2, 0.25) is 5.95 Å². The first-order valence-corrected chi connectivity index (χ1v) is 12.6. The van der Waals surface area contributed by atoms with Gasteiger partial charge in [-0.15, -0.1) is 0 Å². The molecule has 12 heteroatoms. The minimum atomic E-state index is -3.74. The van der Waals surface area contributed by atoms with Crippen LogP contribution in [-0.2, 0) is 16.3 Å². The van der Waals surface area contributed by atoms with Gasteiger partial charge in [0.05, 0.1) is 17.1 Å². The molecule has 2 heterocycles. The molecule has 3 aromatic rings. The van der Waals surface area contributed by atoms with Crippen LogP contribution in [0.2, 0.25) is 0 Å². The fourth-order valence-electron chi connectivity index (χ4n) is 3.65. The summed E-state index contributed by atoms with van der Waals surface area (Å²) in [6.45, 7) is 5.55. The summed E-state index contributed by atoms with van der Waals surface area (Å²) in [6.07, 6.45) is 6.30. The molecular formula is C23H24FN7O3S. The smallest absolute Gasteiger partial charge is 0.320 e. The van der Waals surface area contributed by atoms with E-state index in [9.17, 15) is 17.6 Å². The molecule has 0 radical (unpaired) electrons. The van der Waals surface area contributed by atoms with Crippen LogP contribution in [0.3, 0.4) is 0 Å². The van der Waals surface area contributed by atoms with Crippen LogP contribution in [0, 0.1) is 12.7 Å². The number of fused-ring (bicyclic) bond motifs is 1. The maximum Gasteiger partial charge on any atom is 0.320 e. The topological polar surface area (TPSA) is 139 Å². The first-order chi connectivity index (χ1) is 16.5. The molecule has 0 aliphatic heterocycles. The number of hydrogen-bond donors (Lipinski definition) is 3. The molecule has 2 aromatic heterocycles. The van der Waals surface area contributed by atoms with Gasteiger partial charge in [-0.25, -0.2) is 37.5 Å². The van der Waals surface area contributed by atoms with Crippen LogP contribution in [0.5, 0.6) is 0 Å². The second-order valence-electron chi connectivity index (χ2n) is 8.36. The molecule has 1 aromatic carbocycles. The maximum atomic E-state index is 14.8. The number of carbonyl (C=O) groups is 1. The van der Waals surface area contributed by atoms with Crippen molar-refractivity contribution in [3.8, 4) is 0 Å². The number of halogens is 1. The Morgan fingerprint density at radius 2 is 1.91 bits per heavy atom. The molecule has 10 nitrogen and oxygen atoms in total. The average molecular weight is 498 g/mol. The van der Waals surface area contributed by atoms with Crippen LogP contribution in [0.25, 0.3) is 5.57 Å². The molecule has 0 atom stereocenters. The Morgan fingerprint density at radius 3 is 2.63 bits per heavy atom. The predicted molar refractivity (Wildman–Crippen MR) is 130 cm³/mol. The van der Waals surface area contributed by atoms with Crippen molar-refractivity contribution in [2.24, 2.45) is 0 Å². The number of aryl methyl sites for hydroxylation is 1. The summed E-state index contributed by atoms with van der Waals surface area (Å²) in [7, 11) is -3.74. The van der Waals surface area contributed by atoms with E-state index in [4.69, 9.17) is 0 Å². The molecule has 3 N–H and O–H groups in total. The molecule has 0 saturated heterocycles. The zero-order valence-electron chi connectivity index (χ0n) is 19.5. The van der Waals surface area contributed by atoms with Gasteiger partial charge in [-0.2, -0.15) is 0 Å². The predicted octanol–water partition coefficient (Wildman–Crippen LogP) is 3.38. The van der Waals surface area contributed by atoms with E-state index in [1.807, 2.05) is 26.8 Å². The van der Waals surface area contributed by atoms with Crippen molar-refractivity contribution in [2.75, 3.05) is 16.9 Å². The third kappa shape index (κ3) is 5.11. The van der Waals surface area contributed by atoms with Crippen LogP contribution < -0.4 is 16.0 Å². The minimum Gasteiger partial charge on any atom is -0.336 e. The summed E-state index contributed by atoms with van der Waals surface area (Å²) in [6, 6.07) is 3.65. The lowest BCUT2D eigenvalue weighted by Gasteiger charge is -2.13. The fraction of sp³-hybridized carbons (Fsp3) is 0.261. The zero-order valence-corrected chi connectivity index (χ0v) is 20.4. The average Bonchev–Trinajstić information content (AvgIpc) is 3.20. The molecule has 0 bridgehead atoms. The van der Waals surface area contributed by atoms with Crippen LogP contribution in [0.15, 0.2) is 41.7 Å². The van der Waals surface area contributed by atoms with E-state index in [0.29, 0.717) is 23.6 Å². The fourth-order valence-corrected chi connectivity index (χ4v) is 4.41. The highest BCUT2D eigenvalue weighted by Gasteiger charge is 2.25. The molecule has 1 aliphatic rings. The van der Waals surface area contributed by atoms with E-state index in [-0.39, 0.29) is 23.7 Å². The van der Waals surface area contributed by atoms with Gasteiger partial charge in [-0.3, -0.25) is 5.32 Å². The molecule has 0 saturated carbocycles. The third-order valence-corrected chi connectivity index (χ3v) is 6.31. The van der Waals surface area contributed by atoms with Crippen molar-refractivity contribution in [3.63, 3.8) is 0 Å². The lowest BCUT2D eigenvalue weighted by Crippen LogP contribution is -2.34. The number of sulfone groups is 1. The highest BCUT2D eigenvalue weighted by molar-refractivity contribution is 7.90. The Labute approximate surface area is 202 Å². The quantitative estimate of drug-likeness (QED) is 0.471. The van der Waals surface area contributed by atoms with E-state index >= 15 is 0 Å². The number of amides is 2. The Kier molecular flexibility index (Phi) is 6.48. The number of rotatable bonds is 6. The lowest BCUT2D eigenvalue weighted by atomic mass is 10.1. The molecule has 0 fully saturated rings. The Morgan fingerprint density at radius 1 is 1.14 bits per heavy atom. The molecule has 1 aliphatic carbocycles. The second kappa shape index (κ2) is 9.37. The standard InChI is InChI=1S/C23H24FN7O3S/c1-12(2)28-23(32)31-21-15-9-8-14(20(15)26-11-27-21)19-13(3)10-25-22(30-19)29-16-6-5-7-17(18(16)24)35(4,33)34/h5-8,10-12H,9H2,1-4H3,(H,25,29,30)(H2,26,27,28,31,32). The second-order valence-corrected chi connectivity index (χ2v) is 10.3. The monoisotopic (exact) mass is 497 g/mol. The Hall–Kier alpha value is -3.93. The van der Waals surface area contributed by atoms with Gasteiger partial charge in [0.1, 0.15) is 17.0 Å². The van der Waals surface area contributed by atoms with Gasteiger partial charge >= 0.3 is 6.03 Å². The summed E-state index contributed by atoms with van der Waals surface area (Å²) in [5.41, 5.74) is 3.36. The summed E-state index contributed by atoms with van der Waals surface area (Å²) in [5.74, 6) is -0.411. The van der Waals surface area contributed by atoms with Gasteiger partial charge in [-0.1, -0.05) is 12.1 Å². The number of nitrogens with zero attached hydrogens (tertiary/aromatic N) is 4. The highest BCUT2D eigenvalue weighted by Crippen LogP contribution is 2.35. The number of carbonyl (C=O) groups excluding carboxylic acids is 1. The molecule has 2 amide bonds. The summed E-state index contributed by atoms with van der Waals surface area (Å²) in [4.78, 5) is 29.1. The lowest BCUT2D eigenvalue weighted by molar-refractivity contribution is 0.250. The zero-order chi connectivity index (χ0) is 25.3. The largest absolute Gasteiger partial charge is 0.336 e. The number of anilines is 3. The third-order valence-electron chi connectivity index (χ3n) is 5.20. The number of benzene rings is 1. The van der Waals surface area contributed by atoms with Gasteiger partial charge < -0.3 is 10.6 Å². The Balaban J connectivity index is 1.65. The maximum absolute atomic E-state index is 14.8. The van der Waals surface area contributed by atoms with Crippen molar-refractivity contribution in [3.05, 3.63) is 65.1 Å². The van der Waals surface area contributed by atoms with Gasteiger partial charge in [0.25, 0.3) is 0 Å². The van der Waals surface area contributed by atoms with Crippen LogP contribution in [-0.4, -0.2) is 46.7 Å². The van der Waals surface area contributed by atoms with Gasteiger partial charge in [-0.05, 0) is 44.9 Å². The highest BCUT2D eigenvalue weighted by atomic mass is 32.2. The summed E-state index contributed by atoms with van der Waals surface area (Å²) < 4.78 is 38.5. The molecule has 4 rings (SSSR count). The van der Waals surface area contributed by atoms with E-state index in [0.717, 1.165) is 23.0 Å². The molecule has 182 valence electrons. The number of urea groups is 1. The molecular weight excluding hydrogens is 473 g/mol. The van der Waals surface area contributed by atoms with Crippen LogP contribution in [0.1, 0.15) is 36.4 Å². The Bertz CT molecular complexity index is 1460. The number of aromatic nitrogens is 4. The minimum absolute atomic E-state index is 0.0314. The van der Waals surface area contributed by atoms with Crippen LogP contribution in [0.4, 0.5) is 26.6 Å². The van der Waals surface area contributed by atoms with Crippen molar-refractivity contribution in [1.82, 2.24) is 25.3 Å². The number of allylic oxidation sites excluding steroid dienone is 1. The van der Waals surface area contributed by atoms with E-state index in [2.05, 4.69) is 35.9 Å². The molecule has 0 spiro atoms. The summed E-state index contributed by atoms with van der Waals surface area (Å²) >= 11 is 0. The van der Waals surface area contributed by atoms with Gasteiger partial charge in [0.15, 0.2) is 15.7 Å². The van der Waals surface area contributed by atoms with Crippen molar-refractivity contribution in [1.29, 1.82) is 0 Å². The number of hydrogen-bond acceptors (Lipinski definition) is 8. The van der Waals surface area contributed by atoms with E-state index in [1.54, 1.807) is 6.20 Å². The normalized spacial score (nSPS) is 12.8. The summed E-state index contributed by atoms with van der Waals surface area (Å²) in [5, 5.41) is 8.28. The number of nitrogens with one attached hydrogen (secondary N) is 3. The van der Waals surface area contributed by atoms with Crippen molar-refractivity contribution < 1.29 is 17.6 Å². The SMILES string of the molecule is Cc1cnc(Nc2cccc(S(C)(=O)=O)c2F)nc1C1=CCc2c(NC(=O)NC(C)C)ncnc21. The van der Waals surface area contributed by atoms with Gasteiger partial charge in [0, 0.05) is 29.6 Å². The van der Waals surface area contributed by atoms with Crippen molar-refractivity contribution >= 4 is 38.9 Å². The van der Waals surface area contributed by atoms with E-state index in [1.165, 1.54) is 24.5 Å². The molecule has 0 unspecified atom stereocenters. The van der Waals surface area contributed by atoms with Crippen LogP contribution >= 0.6 is 0 Å². The van der Waals surface area contributed by atoms with E-state index < -0.39 is 20.5 Å². The first-order valence-electron chi connectivity index (χ1n) is 10.8. The van der Waals surface area contributed by atoms with Crippen molar-refractivity contribution in [2.45, 2.75) is 38.1 Å². The molecule has 35 heavy (non-hydrogen) atoms.